The van der Waals surface area contributed by atoms with Crippen LogP contribution < -0.4 is 0 Å². The Hall–Kier alpha value is -1.88. The molecular formula is C67H126O5. The summed E-state index contributed by atoms with van der Waals surface area (Å²) in [5.74, 6) is -0.566. The first-order valence-electron chi connectivity index (χ1n) is 32.5. The van der Waals surface area contributed by atoms with E-state index >= 15 is 0 Å². The topological polar surface area (TPSA) is 72.8 Å². The van der Waals surface area contributed by atoms with Crippen LogP contribution in [0.15, 0.2) is 36.5 Å². The number of hydrogen-bond acceptors (Lipinski definition) is 5. The average Bonchev–Trinajstić information content (AvgIpc) is 3.38. The minimum absolute atomic E-state index is 0.0584. The predicted molar refractivity (Wildman–Crippen MR) is 316 cm³/mol. The molecular weight excluding hydrogens is 885 g/mol. The molecule has 0 bridgehead atoms. The van der Waals surface area contributed by atoms with Gasteiger partial charge in [-0.3, -0.25) is 9.59 Å². The number of esters is 2. The molecule has 0 aliphatic heterocycles. The number of unbranched alkanes of at least 4 members (excludes halogenated alkanes) is 47. The summed E-state index contributed by atoms with van der Waals surface area (Å²) in [5, 5.41) is 9.68. The van der Waals surface area contributed by atoms with Gasteiger partial charge in [-0.25, -0.2) is 0 Å². The van der Waals surface area contributed by atoms with Crippen molar-refractivity contribution in [3.8, 4) is 0 Å². The Bertz CT molecular complexity index is 1140. The van der Waals surface area contributed by atoms with E-state index in [4.69, 9.17) is 9.47 Å². The number of hydrogen-bond donors (Lipinski definition) is 1. The Labute approximate surface area is 450 Å². The summed E-state index contributed by atoms with van der Waals surface area (Å²) >= 11 is 0. The van der Waals surface area contributed by atoms with E-state index in [1.54, 1.807) is 0 Å². The quantitative estimate of drug-likeness (QED) is 0.0373. The number of allylic oxidation sites excluding steroid dienone is 6. The van der Waals surface area contributed by atoms with E-state index < -0.39 is 6.10 Å². The summed E-state index contributed by atoms with van der Waals surface area (Å²) in [6, 6.07) is 0. The first-order chi connectivity index (χ1) is 35.6. The van der Waals surface area contributed by atoms with Crippen molar-refractivity contribution in [2.45, 2.75) is 367 Å². The number of aliphatic hydroxyl groups excluding tert-OH is 1. The molecule has 0 rings (SSSR count). The second kappa shape index (κ2) is 63.4. The second-order valence-corrected chi connectivity index (χ2v) is 22.2. The molecule has 1 N–H and O–H groups in total. The van der Waals surface area contributed by atoms with Crippen LogP contribution in [0, 0.1) is 0 Å². The lowest BCUT2D eigenvalue weighted by atomic mass is 10.0. The highest BCUT2D eigenvalue weighted by Crippen LogP contribution is 2.18. The maximum absolute atomic E-state index is 12.3. The zero-order valence-corrected chi connectivity index (χ0v) is 48.7. The van der Waals surface area contributed by atoms with Crippen molar-refractivity contribution in [2.24, 2.45) is 0 Å². The maximum Gasteiger partial charge on any atom is 0.306 e. The monoisotopic (exact) mass is 1010 g/mol. The lowest BCUT2D eigenvalue weighted by Gasteiger charge is -2.15. The normalized spacial score (nSPS) is 12.3. The fourth-order valence-corrected chi connectivity index (χ4v) is 10.0. The highest BCUT2D eigenvalue weighted by atomic mass is 16.6. The molecule has 0 spiro atoms. The zero-order chi connectivity index (χ0) is 52.0. The van der Waals surface area contributed by atoms with Gasteiger partial charge in [0, 0.05) is 12.8 Å². The average molecular weight is 1010 g/mol. The Balaban J connectivity index is 3.39. The van der Waals surface area contributed by atoms with Gasteiger partial charge in [0.15, 0.2) is 6.10 Å². The standard InChI is InChI=1S/C67H126O5/c1-3-5-7-9-11-13-15-17-19-21-23-25-26-27-28-29-30-31-32-33-34-35-36-37-38-39-40-42-44-46-48-50-52-54-56-58-60-62-67(70)72-65(63-68)64-71-66(69)61-59-57-55-53-51-49-47-45-43-41-24-22-20-18-16-14-12-10-8-6-4-2/h15,17,21,23,26-27,65,68H,3-14,16,18-20,22,24-25,28-64H2,1-2H3/b17-15-,23-21-,27-26-. The van der Waals surface area contributed by atoms with Crippen LogP contribution in [0.1, 0.15) is 361 Å². The third-order valence-electron chi connectivity index (χ3n) is 14.9. The maximum atomic E-state index is 12.3. The zero-order valence-electron chi connectivity index (χ0n) is 48.7. The fourth-order valence-electron chi connectivity index (χ4n) is 10.0. The van der Waals surface area contributed by atoms with E-state index in [0.29, 0.717) is 12.8 Å². The largest absolute Gasteiger partial charge is 0.462 e. The molecule has 0 aliphatic rings. The molecule has 0 aromatic carbocycles. The van der Waals surface area contributed by atoms with Crippen LogP contribution in [-0.4, -0.2) is 36.4 Å². The van der Waals surface area contributed by atoms with Gasteiger partial charge in [0.25, 0.3) is 0 Å². The van der Waals surface area contributed by atoms with Crippen molar-refractivity contribution in [2.75, 3.05) is 13.2 Å². The summed E-state index contributed by atoms with van der Waals surface area (Å²) in [6.45, 7) is 4.19. The number of aliphatic hydroxyl groups is 1. The van der Waals surface area contributed by atoms with Crippen molar-refractivity contribution >= 4 is 11.9 Å². The van der Waals surface area contributed by atoms with Crippen molar-refractivity contribution in [1.82, 2.24) is 0 Å². The Morgan fingerprint density at radius 1 is 0.319 bits per heavy atom. The summed E-state index contributed by atoms with van der Waals surface area (Å²) < 4.78 is 10.7. The van der Waals surface area contributed by atoms with Gasteiger partial charge in [-0.15, -0.1) is 0 Å². The van der Waals surface area contributed by atoms with Gasteiger partial charge in [0.05, 0.1) is 6.61 Å². The molecule has 0 radical (unpaired) electrons. The van der Waals surface area contributed by atoms with Crippen LogP contribution in [0.4, 0.5) is 0 Å². The Kier molecular flexibility index (Phi) is 61.8. The smallest absolute Gasteiger partial charge is 0.306 e. The summed E-state index contributed by atoms with van der Waals surface area (Å²) in [7, 11) is 0. The molecule has 424 valence electrons. The summed E-state index contributed by atoms with van der Waals surface area (Å²) in [4.78, 5) is 24.6. The molecule has 72 heavy (non-hydrogen) atoms. The van der Waals surface area contributed by atoms with E-state index in [-0.39, 0.29) is 25.2 Å². The fraction of sp³-hybridized carbons (Fsp3) is 0.881. The van der Waals surface area contributed by atoms with Crippen LogP contribution in [-0.2, 0) is 19.1 Å². The molecule has 0 aliphatic carbocycles. The van der Waals surface area contributed by atoms with Crippen molar-refractivity contribution in [3.63, 3.8) is 0 Å². The van der Waals surface area contributed by atoms with Gasteiger partial charge in [0.1, 0.15) is 6.61 Å². The molecule has 5 nitrogen and oxygen atoms in total. The van der Waals surface area contributed by atoms with Crippen LogP contribution in [0.3, 0.4) is 0 Å². The molecule has 5 heteroatoms. The molecule has 0 saturated heterocycles. The molecule has 1 atom stereocenters. The number of carbonyl (C=O) groups is 2. The SMILES string of the molecule is CCCCCCC/C=C\C/C=C\C/C=C\CCCCCCCCCCCCCCCCCCCCCCCCC(=O)OC(CO)COC(=O)CCCCCCCCCCCCCCCCCCCCCCC. The molecule has 0 aromatic heterocycles. The van der Waals surface area contributed by atoms with Crippen LogP contribution in [0.25, 0.3) is 0 Å². The first-order valence-corrected chi connectivity index (χ1v) is 32.5. The molecule has 0 fully saturated rings. The third-order valence-corrected chi connectivity index (χ3v) is 14.9. The lowest BCUT2D eigenvalue weighted by molar-refractivity contribution is -0.161. The molecule has 1 unspecified atom stereocenters. The van der Waals surface area contributed by atoms with Gasteiger partial charge < -0.3 is 14.6 Å². The predicted octanol–water partition coefficient (Wildman–Crippen LogP) is 22.2. The van der Waals surface area contributed by atoms with E-state index in [9.17, 15) is 14.7 Å². The van der Waals surface area contributed by atoms with Gasteiger partial charge in [-0.2, -0.15) is 0 Å². The molecule has 0 heterocycles. The lowest BCUT2D eigenvalue weighted by Crippen LogP contribution is -2.28. The van der Waals surface area contributed by atoms with Gasteiger partial charge in [-0.05, 0) is 51.4 Å². The molecule has 0 aromatic rings. The van der Waals surface area contributed by atoms with E-state index in [1.807, 2.05) is 0 Å². The third kappa shape index (κ3) is 60.7. The number of carbonyl (C=O) groups excluding carboxylic acids is 2. The van der Waals surface area contributed by atoms with Crippen LogP contribution >= 0.6 is 0 Å². The Morgan fingerprint density at radius 3 is 0.833 bits per heavy atom. The van der Waals surface area contributed by atoms with Gasteiger partial charge >= 0.3 is 11.9 Å². The van der Waals surface area contributed by atoms with Gasteiger partial charge in [-0.1, -0.05) is 333 Å². The highest BCUT2D eigenvalue weighted by Gasteiger charge is 2.16. The Morgan fingerprint density at radius 2 is 0.556 bits per heavy atom. The minimum Gasteiger partial charge on any atom is -0.462 e. The minimum atomic E-state index is -0.768. The second-order valence-electron chi connectivity index (χ2n) is 22.2. The van der Waals surface area contributed by atoms with Crippen LogP contribution in [0.5, 0.6) is 0 Å². The molecule has 0 saturated carbocycles. The van der Waals surface area contributed by atoms with Crippen molar-refractivity contribution in [3.05, 3.63) is 36.5 Å². The first kappa shape index (κ1) is 70.1. The van der Waals surface area contributed by atoms with Crippen molar-refractivity contribution in [1.29, 1.82) is 0 Å². The summed E-state index contributed by atoms with van der Waals surface area (Å²) in [5.41, 5.74) is 0. The van der Waals surface area contributed by atoms with E-state index in [2.05, 4.69) is 50.3 Å². The van der Waals surface area contributed by atoms with Gasteiger partial charge in [0.2, 0.25) is 0 Å². The van der Waals surface area contributed by atoms with Crippen LogP contribution in [0.2, 0.25) is 0 Å². The highest BCUT2D eigenvalue weighted by molar-refractivity contribution is 5.70. The summed E-state index contributed by atoms with van der Waals surface area (Å²) in [6.07, 6.45) is 83.1. The number of ether oxygens (including phenoxy) is 2. The van der Waals surface area contributed by atoms with E-state index in [1.165, 1.54) is 289 Å². The van der Waals surface area contributed by atoms with Crippen molar-refractivity contribution < 1.29 is 24.2 Å². The molecule has 0 amide bonds. The van der Waals surface area contributed by atoms with E-state index in [0.717, 1.165) is 44.9 Å². The number of rotatable bonds is 61.